The molecule has 0 aromatic carbocycles. The third-order valence-corrected chi connectivity index (χ3v) is 5.06. The normalized spacial score (nSPS) is 50.4. The first-order valence-corrected chi connectivity index (χ1v) is 6.67. The van der Waals surface area contributed by atoms with Crippen molar-refractivity contribution in [3.8, 4) is 0 Å². The fraction of sp³-hybridized carbons (Fsp3) is 0.923. The van der Waals surface area contributed by atoms with Gasteiger partial charge < -0.3 is 4.74 Å². The Morgan fingerprint density at radius 2 is 2.44 bits per heavy atom. The van der Waals surface area contributed by atoms with Crippen LogP contribution in [-0.2, 0) is 4.74 Å². The summed E-state index contributed by atoms with van der Waals surface area (Å²) in [5, 5.41) is 0. The minimum absolute atomic E-state index is 0.153. The van der Waals surface area contributed by atoms with Gasteiger partial charge in [-0.05, 0) is 43.9 Å². The Balaban J connectivity index is 1.91. The molecule has 1 aliphatic heterocycles. The molecule has 1 heterocycles. The molecule has 2 saturated carbocycles. The Labute approximate surface area is 97.4 Å². The van der Waals surface area contributed by atoms with Crippen LogP contribution in [-0.4, -0.2) is 18.7 Å². The van der Waals surface area contributed by atoms with Crippen LogP contribution < -0.4 is 5.73 Å². The van der Waals surface area contributed by atoms with Gasteiger partial charge in [0.25, 0.3) is 0 Å². The minimum atomic E-state index is -0.696. The lowest BCUT2D eigenvalue weighted by molar-refractivity contribution is -0.121. The molecule has 2 N–H and O–H groups in total. The van der Waals surface area contributed by atoms with Gasteiger partial charge in [0.2, 0.25) is 5.85 Å². The summed E-state index contributed by atoms with van der Waals surface area (Å²) in [5.41, 5.74) is 6.59. The van der Waals surface area contributed by atoms with Crippen molar-refractivity contribution >= 4 is 6.21 Å². The Kier molecular flexibility index (Phi) is 2.37. The molecule has 3 heteroatoms. The highest BCUT2D eigenvalue weighted by Crippen LogP contribution is 2.64. The average molecular weight is 222 g/mol. The Morgan fingerprint density at radius 3 is 3.06 bits per heavy atom. The van der Waals surface area contributed by atoms with Crippen LogP contribution in [0.15, 0.2) is 4.99 Å². The van der Waals surface area contributed by atoms with Crippen LogP contribution in [0.2, 0.25) is 0 Å². The van der Waals surface area contributed by atoms with Crippen molar-refractivity contribution < 1.29 is 4.74 Å². The predicted molar refractivity (Wildman–Crippen MR) is 64.2 cm³/mol. The maximum absolute atomic E-state index is 6.44. The van der Waals surface area contributed by atoms with Crippen molar-refractivity contribution in [2.24, 2.45) is 28.0 Å². The van der Waals surface area contributed by atoms with Crippen LogP contribution in [0, 0.1) is 17.3 Å². The van der Waals surface area contributed by atoms with Gasteiger partial charge in [0.15, 0.2) is 0 Å². The molecule has 3 nitrogen and oxygen atoms in total. The molecule has 0 aromatic rings. The lowest BCUT2D eigenvalue weighted by Crippen LogP contribution is -2.55. The van der Waals surface area contributed by atoms with Gasteiger partial charge in [-0.1, -0.05) is 13.3 Å². The molecule has 3 rings (SSSR count). The van der Waals surface area contributed by atoms with Gasteiger partial charge in [-0.2, -0.15) is 0 Å². The zero-order valence-electron chi connectivity index (χ0n) is 10.1. The van der Waals surface area contributed by atoms with E-state index in [-0.39, 0.29) is 5.41 Å². The molecular formula is C13H22N2O. The number of hydrogen-bond acceptors (Lipinski definition) is 3. The van der Waals surface area contributed by atoms with Crippen LogP contribution in [0.1, 0.15) is 45.4 Å². The summed E-state index contributed by atoms with van der Waals surface area (Å²) in [6, 6.07) is 0. The summed E-state index contributed by atoms with van der Waals surface area (Å²) in [5.74, 6) is 0.922. The van der Waals surface area contributed by atoms with E-state index < -0.39 is 5.85 Å². The van der Waals surface area contributed by atoms with Crippen LogP contribution >= 0.6 is 0 Å². The lowest BCUT2D eigenvalue weighted by atomic mass is 9.69. The van der Waals surface area contributed by atoms with Gasteiger partial charge >= 0.3 is 0 Å². The van der Waals surface area contributed by atoms with Crippen molar-refractivity contribution in [2.45, 2.75) is 51.3 Å². The van der Waals surface area contributed by atoms with Crippen molar-refractivity contribution in [3.05, 3.63) is 0 Å². The Hall–Kier alpha value is -0.410. The lowest BCUT2D eigenvalue weighted by Gasteiger charge is -2.44. The quantitative estimate of drug-likeness (QED) is 0.796. The molecule has 2 aliphatic carbocycles. The monoisotopic (exact) mass is 222 g/mol. The second-order valence-corrected chi connectivity index (χ2v) is 5.81. The third kappa shape index (κ3) is 1.25. The highest BCUT2D eigenvalue weighted by atomic mass is 16.5. The molecule has 2 bridgehead atoms. The van der Waals surface area contributed by atoms with Crippen molar-refractivity contribution in [2.75, 3.05) is 6.61 Å². The largest absolute Gasteiger partial charge is 0.335 e. The van der Waals surface area contributed by atoms with Crippen molar-refractivity contribution in [1.82, 2.24) is 0 Å². The first-order valence-electron chi connectivity index (χ1n) is 6.67. The van der Waals surface area contributed by atoms with Gasteiger partial charge in [-0.15, -0.1) is 0 Å². The molecule has 2 fully saturated rings. The molecule has 0 radical (unpaired) electrons. The summed E-state index contributed by atoms with van der Waals surface area (Å²) in [7, 11) is 0. The van der Waals surface area contributed by atoms with E-state index in [0.717, 1.165) is 11.8 Å². The standard InChI is InChI=1S/C13H22N2O/c1-2-3-11-8-10-4-5-12(11,9-10)13(14)15-6-7-16-13/h6,10-11H,2-5,7-9,14H2,1H3/t10-,11?,12+,13?/m1/s1. The van der Waals surface area contributed by atoms with Gasteiger partial charge in [0.05, 0.1) is 6.61 Å². The van der Waals surface area contributed by atoms with Crippen molar-refractivity contribution in [3.63, 3.8) is 0 Å². The first kappa shape index (κ1) is 10.7. The summed E-state index contributed by atoms with van der Waals surface area (Å²) in [6.07, 6.45) is 9.53. The minimum Gasteiger partial charge on any atom is -0.335 e. The molecule has 2 unspecified atom stereocenters. The van der Waals surface area contributed by atoms with E-state index in [1.807, 2.05) is 6.21 Å². The average Bonchev–Trinajstić information content (AvgIpc) is 2.93. The molecule has 0 amide bonds. The Morgan fingerprint density at radius 1 is 1.56 bits per heavy atom. The number of rotatable bonds is 3. The van der Waals surface area contributed by atoms with Gasteiger partial charge in [-0.3, -0.25) is 5.73 Å². The molecule has 3 aliphatic rings. The van der Waals surface area contributed by atoms with Gasteiger partial charge in [0.1, 0.15) is 0 Å². The van der Waals surface area contributed by atoms with E-state index in [1.165, 1.54) is 38.5 Å². The van der Waals surface area contributed by atoms with E-state index in [2.05, 4.69) is 11.9 Å². The number of aliphatic imine (C=N–C) groups is 1. The predicted octanol–water partition coefficient (Wildman–Crippen LogP) is 2.31. The molecule has 90 valence electrons. The molecule has 0 saturated heterocycles. The second kappa shape index (κ2) is 3.54. The highest BCUT2D eigenvalue weighted by molar-refractivity contribution is 5.61. The van der Waals surface area contributed by atoms with E-state index >= 15 is 0 Å². The summed E-state index contributed by atoms with van der Waals surface area (Å²) in [6.45, 7) is 2.86. The molecule has 0 spiro atoms. The topological polar surface area (TPSA) is 47.6 Å². The molecule has 0 aromatic heterocycles. The fourth-order valence-electron chi connectivity index (χ4n) is 4.39. The Bertz CT molecular complexity index is 317. The van der Waals surface area contributed by atoms with Crippen molar-refractivity contribution in [1.29, 1.82) is 0 Å². The summed E-state index contributed by atoms with van der Waals surface area (Å²) in [4.78, 5) is 4.48. The van der Waals surface area contributed by atoms with Crippen LogP contribution in [0.3, 0.4) is 0 Å². The SMILES string of the molecule is CCCC1C[C@H]2CC[C@]1(C1(N)N=CCO1)C2. The molecule has 16 heavy (non-hydrogen) atoms. The number of fused-ring (bicyclic) bond motifs is 2. The highest BCUT2D eigenvalue weighted by Gasteiger charge is 2.62. The zero-order valence-corrected chi connectivity index (χ0v) is 10.1. The first-order chi connectivity index (χ1) is 7.70. The van der Waals surface area contributed by atoms with Crippen LogP contribution in [0.4, 0.5) is 0 Å². The molecule has 4 atom stereocenters. The third-order valence-electron chi connectivity index (χ3n) is 5.06. The van der Waals surface area contributed by atoms with Gasteiger partial charge in [0, 0.05) is 11.6 Å². The number of nitrogens with zero attached hydrogens (tertiary/aromatic N) is 1. The van der Waals surface area contributed by atoms with E-state index in [0.29, 0.717) is 6.61 Å². The maximum atomic E-state index is 6.44. The zero-order chi connectivity index (χ0) is 11.2. The smallest absolute Gasteiger partial charge is 0.219 e. The fourth-order valence-corrected chi connectivity index (χ4v) is 4.39. The maximum Gasteiger partial charge on any atom is 0.219 e. The summed E-state index contributed by atoms with van der Waals surface area (Å²) < 4.78 is 5.78. The van der Waals surface area contributed by atoms with E-state index in [9.17, 15) is 0 Å². The van der Waals surface area contributed by atoms with E-state index in [1.54, 1.807) is 0 Å². The van der Waals surface area contributed by atoms with Crippen LogP contribution in [0.5, 0.6) is 0 Å². The summed E-state index contributed by atoms with van der Waals surface area (Å²) >= 11 is 0. The van der Waals surface area contributed by atoms with Gasteiger partial charge in [-0.25, -0.2) is 4.99 Å². The number of ether oxygens (including phenoxy) is 1. The number of hydrogen-bond donors (Lipinski definition) is 1. The second-order valence-electron chi connectivity index (χ2n) is 5.81. The number of nitrogens with two attached hydrogens (primary N) is 1. The van der Waals surface area contributed by atoms with E-state index in [4.69, 9.17) is 10.5 Å². The van der Waals surface area contributed by atoms with Crippen LogP contribution in [0.25, 0.3) is 0 Å². The molecular weight excluding hydrogens is 200 g/mol.